The van der Waals surface area contributed by atoms with Gasteiger partial charge in [-0.2, -0.15) is 0 Å². The molecule has 2 N–H and O–H groups in total. The largest absolute Gasteiger partial charge is 0.443 e. The maximum atomic E-state index is 11.9. The van der Waals surface area contributed by atoms with E-state index in [0.717, 1.165) is 29.0 Å². The highest BCUT2D eigenvalue weighted by Gasteiger charge is 2.22. The van der Waals surface area contributed by atoms with E-state index < -0.39 is 0 Å². The number of oxazole rings is 1. The third-order valence-corrected chi connectivity index (χ3v) is 4.05. The predicted molar refractivity (Wildman–Crippen MR) is 89.7 cm³/mol. The normalized spacial score (nSPS) is 15.7. The van der Waals surface area contributed by atoms with Gasteiger partial charge in [-0.15, -0.1) is 0 Å². The number of benzene rings is 1. The molecule has 0 aliphatic carbocycles. The number of nitrogens with one attached hydrogen (secondary N) is 2. The first kappa shape index (κ1) is 15.6. The van der Waals surface area contributed by atoms with Crippen LogP contribution in [0.4, 0.5) is 5.69 Å². The standard InChI is InChI=1S/C18H23N3O2/c1-11(17-20-10-15(23-17)18(2,3)4)21-13-6-5-12-7-8-19-16(22)14(12)9-13/h5-6,9-11,21H,7-8H2,1-4H3,(H,19,22)/t11-/m0/s1. The van der Waals surface area contributed by atoms with Crippen LogP contribution in [0.1, 0.15) is 61.3 Å². The Balaban J connectivity index is 1.78. The van der Waals surface area contributed by atoms with E-state index in [9.17, 15) is 4.79 Å². The van der Waals surface area contributed by atoms with Gasteiger partial charge in [0.1, 0.15) is 11.8 Å². The van der Waals surface area contributed by atoms with Gasteiger partial charge in [-0.3, -0.25) is 4.79 Å². The Labute approximate surface area is 136 Å². The third-order valence-electron chi connectivity index (χ3n) is 4.05. The molecule has 0 saturated heterocycles. The lowest BCUT2D eigenvalue weighted by molar-refractivity contribution is 0.0946. The zero-order valence-corrected chi connectivity index (χ0v) is 14.1. The molecule has 5 heteroatoms. The van der Waals surface area contributed by atoms with Gasteiger partial charge >= 0.3 is 0 Å². The second-order valence-electron chi connectivity index (χ2n) is 7.06. The van der Waals surface area contributed by atoms with E-state index in [1.807, 2.05) is 25.1 Å². The zero-order valence-electron chi connectivity index (χ0n) is 14.1. The molecule has 1 aromatic heterocycles. The van der Waals surface area contributed by atoms with Crippen molar-refractivity contribution in [1.29, 1.82) is 0 Å². The van der Waals surface area contributed by atoms with Crippen molar-refractivity contribution in [3.63, 3.8) is 0 Å². The Morgan fingerprint density at radius 3 is 2.83 bits per heavy atom. The number of anilines is 1. The van der Waals surface area contributed by atoms with E-state index in [-0.39, 0.29) is 17.4 Å². The molecule has 1 atom stereocenters. The molecule has 0 spiro atoms. The smallest absolute Gasteiger partial charge is 0.251 e. The number of carbonyl (C=O) groups excluding carboxylic acids is 1. The first-order chi connectivity index (χ1) is 10.8. The molecule has 23 heavy (non-hydrogen) atoms. The van der Waals surface area contributed by atoms with Crippen LogP contribution < -0.4 is 10.6 Å². The number of rotatable bonds is 3. The van der Waals surface area contributed by atoms with Crippen molar-refractivity contribution in [1.82, 2.24) is 10.3 Å². The highest BCUT2D eigenvalue weighted by atomic mass is 16.4. The highest BCUT2D eigenvalue weighted by Crippen LogP contribution is 2.27. The minimum atomic E-state index is -0.0733. The molecular weight excluding hydrogens is 290 g/mol. The number of carbonyl (C=O) groups is 1. The fourth-order valence-electron chi connectivity index (χ4n) is 2.65. The number of nitrogens with zero attached hydrogens (tertiary/aromatic N) is 1. The maximum absolute atomic E-state index is 11.9. The van der Waals surface area contributed by atoms with Gasteiger partial charge in [0.05, 0.1) is 6.20 Å². The van der Waals surface area contributed by atoms with Crippen molar-refractivity contribution in [2.24, 2.45) is 0 Å². The van der Waals surface area contributed by atoms with Gasteiger partial charge in [0.2, 0.25) is 5.89 Å². The quantitative estimate of drug-likeness (QED) is 0.911. The van der Waals surface area contributed by atoms with Crippen LogP contribution >= 0.6 is 0 Å². The summed E-state index contributed by atoms with van der Waals surface area (Å²) < 4.78 is 5.86. The van der Waals surface area contributed by atoms with Crippen molar-refractivity contribution in [2.45, 2.75) is 45.6 Å². The summed E-state index contributed by atoms with van der Waals surface area (Å²) in [5, 5.41) is 6.23. The molecule has 2 heterocycles. The van der Waals surface area contributed by atoms with Crippen molar-refractivity contribution in [3.8, 4) is 0 Å². The molecule has 0 radical (unpaired) electrons. The Hall–Kier alpha value is -2.30. The van der Waals surface area contributed by atoms with Crippen LogP contribution in [0, 0.1) is 0 Å². The topological polar surface area (TPSA) is 67.2 Å². The number of fused-ring (bicyclic) bond motifs is 1. The van der Waals surface area contributed by atoms with Crippen LogP contribution in [-0.4, -0.2) is 17.4 Å². The molecule has 2 aromatic rings. The Morgan fingerprint density at radius 2 is 2.13 bits per heavy atom. The van der Waals surface area contributed by atoms with E-state index in [4.69, 9.17) is 4.42 Å². The average molecular weight is 313 g/mol. The molecule has 1 aliphatic heterocycles. The van der Waals surface area contributed by atoms with E-state index in [0.29, 0.717) is 12.4 Å². The molecule has 0 bridgehead atoms. The summed E-state index contributed by atoms with van der Waals surface area (Å²) in [5.74, 6) is 1.51. The Kier molecular flexibility index (Phi) is 3.88. The van der Waals surface area contributed by atoms with Crippen molar-refractivity contribution < 1.29 is 9.21 Å². The summed E-state index contributed by atoms with van der Waals surface area (Å²) in [5.41, 5.74) is 2.67. The van der Waals surface area contributed by atoms with E-state index >= 15 is 0 Å². The third kappa shape index (κ3) is 3.23. The molecule has 1 amide bonds. The zero-order chi connectivity index (χ0) is 16.6. The van der Waals surface area contributed by atoms with Gasteiger partial charge in [0, 0.05) is 23.2 Å². The molecule has 3 rings (SSSR count). The summed E-state index contributed by atoms with van der Waals surface area (Å²) >= 11 is 0. The Bertz CT molecular complexity index is 728. The Morgan fingerprint density at radius 1 is 1.35 bits per heavy atom. The number of hydrogen-bond acceptors (Lipinski definition) is 4. The van der Waals surface area contributed by atoms with Crippen molar-refractivity contribution >= 4 is 11.6 Å². The summed E-state index contributed by atoms with van der Waals surface area (Å²) in [6.07, 6.45) is 2.67. The summed E-state index contributed by atoms with van der Waals surface area (Å²) in [7, 11) is 0. The molecule has 1 aliphatic rings. The van der Waals surface area contributed by atoms with E-state index in [2.05, 4.69) is 36.4 Å². The minimum Gasteiger partial charge on any atom is -0.443 e. The first-order valence-electron chi connectivity index (χ1n) is 7.98. The molecule has 1 aromatic carbocycles. The molecule has 122 valence electrons. The van der Waals surface area contributed by atoms with Gasteiger partial charge in [-0.1, -0.05) is 26.8 Å². The first-order valence-corrected chi connectivity index (χ1v) is 7.98. The molecule has 0 fully saturated rings. The van der Waals surface area contributed by atoms with Crippen LogP contribution in [-0.2, 0) is 11.8 Å². The molecule has 0 unspecified atom stereocenters. The van der Waals surface area contributed by atoms with Crippen LogP contribution in [0.3, 0.4) is 0 Å². The number of amides is 1. The lowest BCUT2D eigenvalue weighted by atomic mass is 9.94. The van der Waals surface area contributed by atoms with Gasteiger partial charge in [-0.25, -0.2) is 4.98 Å². The van der Waals surface area contributed by atoms with Crippen LogP contribution in [0.5, 0.6) is 0 Å². The summed E-state index contributed by atoms with van der Waals surface area (Å²) in [6.45, 7) is 8.99. The van der Waals surface area contributed by atoms with Gasteiger partial charge in [-0.05, 0) is 31.0 Å². The van der Waals surface area contributed by atoms with Crippen LogP contribution in [0.2, 0.25) is 0 Å². The molecule has 0 saturated carbocycles. The fourth-order valence-corrected chi connectivity index (χ4v) is 2.65. The second-order valence-corrected chi connectivity index (χ2v) is 7.06. The predicted octanol–water partition coefficient (Wildman–Crippen LogP) is 3.43. The second kappa shape index (κ2) is 5.72. The SMILES string of the molecule is C[C@H](Nc1ccc2c(c1)C(=O)NCC2)c1ncc(C(C)(C)C)o1. The average Bonchev–Trinajstić information content (AvgIpc) is 2.98. The van der Waals surface area contributed by atoms with Crippen LogP contribution in [0.25, 0.3) is 0 Å². The monoisotopic (exact) mass is 313 g/mol. The number of hydrogen-bond donors (Lipinski definition) is 2. The molecular formula is C18H23N3O2. The van der Waals surface area contributed by atoms with Crippen molar-refractivity contribution in [3.05, 3.63) is 47.2 Å². The maximum Gasteiger partial charge on any atom is 0.251 e. The summed E-state index contributed by atoms with van der Waals surface area (Å²) in [4.78, 5) is 16.3. The van der Waals surface area contributed by atoms with Crippen molar-refractivity contribution in [2.75, 3.05) is 11.9 Å². The number of aromatic nitrogens is 1. The molecule has 5 nitrogen and oxygen atoms in total. The summed E-state index contributed by atoms with van der Waals surface area (Å²) in [6, 6.07) is 5.84. The van der Waals surface area contributed by atoms with Crippen LogP contribution in [0.15, 0.2) is 28.8 Å². The van der Waals surface area contributed by atoms with Gasteiger partial charge in [0.25, 0.3) is 5.91 Å². The minimum absolute atomic E-state index is 0.00584. The lowest BCUT2D eigenvalue weighted by Gasteiger charge is -2.19. The fraction of sp³-hybridized carbons (Fsp3) is 0.444. The highest BCUT2D eigenvalue weighted by molar-refractivity contribution is 5.97. The van der Waals surface area contributed by atoms with E-state index in [1.54, 1.807) is 6.20 Å². The van der Waals surface area contributed by atoms with Gasteiger partial charge in [0.15, 0.2) is 0 Å². The van der Waals surface area contributed by atoms with Gasteiger partial charge < -0.3 is 15.1 Å². The lowest BCUT2D eigenvalue weighted by Crippen LogP contribution is -2.31. The van der Waals surface area contributed by atoms with E-state index in [1.165, 1.54) is 0 Å².